The Labute approximate surface area is 127 Å². The normalized spacial score (nSPS) is 17.3. The minimum Gasteiger partial charge on any atom is -0.396 e. The first-order valence-corrected chi connectivity index (χ1v) is 7.73. The molecule has 0 heterocycles. The highest BCUT2D eigenvalue weighted by atomic mass is 16.3. The first kappa shape index (κ1) is 15.8. The molecule has 1 saturated carbocycles. The SMILES string of the molecule is CN(C)C(=O)c1ccccc1NCC1(CO)CCCCC1. The Hall–Kier alpha value is -1.55. The number of aliphatic hydroxyl groups excluding tert-OH is 1. The van der Waals surface area contributed by atoms with Gasteiger partial charge in [-0.3, -0.25) is 4.79 Å². The number of nitrogens with one attached hydrogen (secondary N) is 1. The van der Waals surface area contributed by atoms with Gasteiger partial charge in [0.25, 0.3) is 5.91 Å². The summed E-state index contributed by atoms with van der Waals surface area (Å²) in [4.78, 5) is 13.8. The molecule has 0 aromatic heterocycles. The lowest BCUT2D eigenvalue weighted by Crippen LogP contribution is -2.36. The summed E-state index contributed by atoms with van der Waals surface area (Å²) in [6, 6.07) is 7.59. The fraction of sp³-hybridized carbons (Fsp3) is 0.588. The Morgan fingerprint density at radius 3 is 2.52 bits per heavy atom. The average Bonchev–Trinajstić information content (AvgIpc) is 2.53. The highest BCUT2D eigenvalue weighted by Gasteiger charge is 2.31. The Morgan fingerprint density at radius 1 is 1.24 bits per heavy atom. The zero-order valence-corrected chi connectivity index (χ0v) is 13.1. The number of hydrogen-bond acceptors (Lipinski definition) is 3. The quantitative estimate of drug-likeness (QED) is 0.876. The van der Waals surface area contributed by atoms with Crippen LogP contribution in [0.1, 0.15) is 42.5 Å². The fourth-order valence-corrected chi connectivity index (χ4v) is 3.04. The minimum atomic E-state index is -0.0352. The van der Waals surface area contributed by atoms with Crippen LogP contribution in [0.5, 0.6) is 0 Å². The van der Waals surface area contributed by atoms with Gasteiger partial charge in [-0.1, -0.05) is 31.4 Å². The largest absolute Gasteiger partial charge is 0.396 e. The van der Waals surface area contributed by atoms with Crippen molar-refractivity contribution in [2.45, 2.75) is 32.1 Å². The van der Waals surface area contributed by atoms with Gasteiger partial charge in [0.2, 0.25) is 0 Å². The second kappa shape index (κ2) is 6.94. The number of hydrogen-bond donors (Lipinski definition) is 2. The molecule has 2 N–H and O–H groups in total. The number of rotatable bonds is 5. The molecule has 0 unspecified atom stereocenters. The molecular formula is C17H26N2O2. The van der Waals surface area contributed by atoms with Gasteiger partial charge < -0.3 is 15.3 Å². The summed E-state index contributed by atoms with van der Waals surface area (Å²) in [5.74, 6) is -0.000192. The number of nitrogens with zero attached hydrogens (tertiary/aromatic N) is 1. The molecule has 0 aliphatic heterocycles. The molecule has 4 nitrogen and oxygen atoms in total. The standard InChI is InChI=1S/C17H26N2O2/c1-19(2)16(21)14-8-4-5-9-15(14)18-12-17(13-20)10-6-3-7-11-17/h4-5,8-9,18,20H,3,6-7,10-13H2,1-2H3. The van der Waals surface area contributed by atoms with Crippen molar-refractivity contribution in [1.82, 2.24) is 4.90 Å². The maximum absolute atomic E-state index is 12.2. The van der Waals surface area contributed by atoms with Gasteiger partial charge in [-0.05, 0) is 25.0 Å². The van der Waals surface area contributed by atoms with Crippen molar-refractivity contribution in [3.8, 4) is 0 Å². The van der Waals surface area contributed by atoms with Crippen LogP contribution < -0.4 is 5.32 Å². The molecular weight excluding hydrogens is 264 g/mol. The minimum absolute atomic E-state index is 0.000192. The number of amides is 1. The van der Waals surface area contributed by atoms with E-state index in [9.17, 15) is 9.90 Å². The van der Waals surface area contributed by atoms with E-state index in [1.807, 2.05) is 24.3 Å². The molecule has 0 atom stereocenters. The van der Waals surface area contributed by atoms with Gasteiger partial charge in [0.1, 0.15) is 0 Å². The number of carbonyl (C=O) groups excluding carboxylic acids is 1. The number of benzene rings is 1. The van der Waals surface area contributed by atoms with Crippen molar-refractivity contribution < 1.29 is 9.90 Å². The molecule has 4 heteroatoms. The average molecular weight is 290 g/mol. The Morgan fingerprint density at radius 2 is 1.90 bits per heavy atom. The summed E-state index contributed by atoms with van der Waals surface area (Å²) < 4.78 is 0. The Bertz CT molecular complexity index is 479. The van der Waals surface area contributed by atoms with Crippen molar-refractivity contribution in [2.24, 2.45) is 5.41 Å². The molecule has 0 saturated heterocycles. The molecule has 21 heavy (non-hydrogen) atoms. The molecule has 0 radical (unpaired) electrons. The van der Waals surface area contributed by atoms with Crippen LogP contribution in [0.4, 0.5) is 5.69 Å². The number of anilines is 1. The molecule has 1 aliphatic carbocycles. The summed E-state index contributed by atoms with van der Waals surface area (Å²) in [6.07, 6.45) is 5.74. The van der Waals surface area contributed by atoms with Crippen LogP contribution in [0.15, 0.2) is 24.3 Å². The zero-order valence-electron chi connectivity index (χ0n) is 13.1. The maximum atomic E-state index is 12.2. The van der Waals surface area contributed by atoms with Gasteiger partial charge in [-0.15, -0.1) is 0 Å². The van der Waals surface area contributed by atoms with Gasteiger partial charge in [-0.2, -0.15) is 0 Å². The zero-order chi connectivity index (χ0) is 15.3. The van der Waals surface area contributed by atoms with E-state index in [0.29, 0.717) is 5.56 Å². The van der Waals surface area contributed by atoms with E-state index in [0.717, 1.165) is 25.1 Å². The smallest absolute Gasteiger partial charge is 0.255 e. The number of aliphatic hydroxyl groups is 1. The van der Waals surface area contributed by atoms with Crippen molar-refractivity contribution in [1.29, 1.82) is 0 Å². The molecule has 0 bridgehead atoms. The summed E-state index contributed by atoms with van der Waals surface area (Å²) >= 11 is 0. The third-order valence-corrected chi connectivity index (χ3v) is 4.47. The second-order valence-corrected chi connectivity index (χ2v) is 6.32. The predicted octanol–water partition coefficient (Wildman–Crippen LogP) is 2.74. The highest BCUT2D eigenvalue weighted by Crippen LogP contribution is 2.36. The molecule has 1 aliphatic rings. The van der Waals surface area contributed by atoms with Gasteiger partial charge in [-0.25, -0.2) is 0 Å². The van der Waals surface area contributed by atoms with Crippen molar-refractivity contribution in [3.63, 3.8) is 0 Å². The van der Waals surface area contributed by atoms with E-state index >= 15 is 0 Å². The summed E-state index contributed by atoms with van der Waals surface area (Å²) in [6.45, 7) is 0.936. The van der Waals surface area contributed by atoms with Crippen molar-refractivity contribution in [2.75, 3.05) is 32.6 Å². The van der Waals surface area contributed by atoms with Crippen LogP contribution in [0, 0.1) is 5.41 Å². The lowest BCUT2D eigenvalue weighted by Gasteiger charge is -2.36. The third kappa shape index (κ3) is 3.76. The molecule has 116 valence electrons. The summed E-state index contributed by atoms with van der Waals surface area (Å²) in [5, 5.41) is 13.2. The Balaban J connectivity index is 2.11. The lowest BCUT2D eigenvalue weighted by molar-refractivity contribution is 0.0827. The van der Waals surface area contributed by atoms with Crippen LogP contribution in [-0.2, 0) is 0 Å². The van der Waals surface area contributed by atoms with Crippen LogP contribution in [0.25, 0.3) is 0 Å². The molecule has 1 aromatic carbocycles. The van der Waals surface area contributed by atoms with Crippen LogP contribution in [0.2, 0.25) is 0 Å². The van der Waals surface area contributed by atoms with Crippen LogP contribution in [0.3, 0.4) is 0 Å². The number of para-hydroxylation sites is 1. The van der Waals surface area contributed by atoms with Gasteiger partial charge in [0.15, 0.2) is 0 Å². The lowest BCUT2D eigenvalue weighted by atomic mass is 9.74. The summed E-state index contributed by atoms with van der Waals surface area (Å²) in [5.41, 5.74) is 1.51. The second-order valence-electron chi connectivity index (χ2n) is 6.32. The first-order valence-electron chi connectivity index (χ1n) is 7.73. The highest BCUT2D eigenvalue weighted by molar-refractivity contribution is 5.99. The molecule has 1 fully saturated rings. The van der Waals surface area contributed by atoms with Gasteiger partial charge in [0.05, 0.1) is 12.2 Å². The predicted molar refractivity (Wildman–Crippen MR) is 85.6 cm³/mol. The van der Waals surface area contributed by atoms with E-state index in [-0.39, 0.29) is 17.9 Å². The first-order chi connectivity index (χ1) is 10.1. The van der Waals surface area contributed by atoms with Crippen LogP contribution >= 0.6 is 0 Å². The molecule has 1 aromatic rings. The van der Waals surface area contributed by atoms with E-state index in [1.54, 1.807) is 19.0 Å². The maximum Gasteiger partial charge on any atom is 0.255 e. The number of carbonyl (C=O) groups is 1. The van der Waals surface area contributed by atoms with Crippen LogP contribution in [-0.4, -0.2) is 43.2 Å². The summed E-state index contributed by atoms with van der Waals surface area (Å²) in [7, 11) is 3.52. The van der Waals surface area contributed by atoms with E-state index in [4.69, 9.17) is 0 Å². The van der Waals surface area contributed by atoms with E-state index in [1.165, 1.54) is 19.3 Å². The Kier molecular flexibility index (Phi) is 5.23. The molecule has 0 spiro atoms. The van der Waals surface area contributed by atoms with E-state index in [2.05, 4.69) is 5.32 Å². The van der Waals surface area contributed by atoms with E-state index < -0.39 is 0 Å². The molecule has 1 amide bonds. The van der Waals surface area contributed by atoms with Gasteiger partial charge in [0, 0.05) is 31.7 Å². The third-order valence-electron chi connectivity index (χ3n) is 4.47. The van der Waals surface area contributed by atoms with Crippen molar-refractivity contribution in [3.05, 3.63) is 29.8 Å². The fourth-order valence-electron chi connectivity index (χ4n) is 3.04. The van der Waals surface area contributed by atoms with Gasteiger partial charge >= 0.3 is 0 Å². The molecule has 2 rings (SSSR count). The topological polar surface area (TPSA) is 52.6 Å². The monoisotopic (exact) mass is 290 g/mol. The van der Waals surface area contributed by atoms with Crippen molar-refractivity contribution >= 4 is 11.6 Å².